The Morgan fingerprint density at radius 1 is 1.17 bits per heavy atom. The number of aromatic amines is 1. The fourth-order valence-corrected chi connectivity index (χ4v) is 2.92. The lowest BCUT2D eigenvalue weighted by molar-refractivity contribution is 0.0942. The zero-order chi connectivity index (χ0) is 16.8. The van der Waals surface area contributed by atoms with Gasteiger partial charge < -0.3 is 10.2 Å². The number of hydrogen-bond acceptors (Lipinski definition) is 4. The van der Waals surface area contributed by atoms with E-state index in [-0.39, 0.29) is 11.7 Å². The summed E-state index contributed by atoms with van der Waals surface area (Å²) in [5.74, 6) is -0.300. The highest BCUT2D eigenvalue weighted by atomic mass is 16.2. The zero-order valence-corrected chi connectivity index (χ0v) is 13.7. The Morgan fingerprint density at radius 2 is 1.92 bits per heavy atom. The van der Waals surface area contributed by atoms with Crippen LogP contribution in [-0.2, 0) is 0 Å². The number of amides is 1. The summed E-state index contributed by atoms with van der Waals surface area (Å²) in [6.07, 6.45) is 4.59. The van der Waals surface area contributed by atoms with Gasteiger partial charge in [-0.25, -0.2) is 4.79 Å². The van der Waals surface area contributed by atoms with Crippen LogP contribution in [0.4, 0.5) is 0 Å². The number of carbonyl (C=O) groups excluding carboxylic acids is 1. The van der Waals surface area contributed by atoms with Gasteiger partial charge in [-0.15, -0.1) is 5.10 Å². The molecule has 0 bridgehead atoms. The number of nitrogens with zero attached hydrogens (tertiary/aromatic N) is 3. The molecular weight excluding hydrogens is 306 g/mol. The highest BCUT2D eigenvalue weighted by molar-refractivity contribution is 5.90. The molecule has 0 unspecified atom stereocenters. The van der Waals surface area contributed by atoms with Crippen molar-refractivity contribution in [1.82, 2.24) is 25.0 Å². The lowest BCUT2D eigenvalue weighted by atomic mass is 10.3. The van der Waals surface area contributed by atoms with Gasteiger partial charge in [0, 0.05) is 6.54 Å². The van der Waals surface area contributed by atoms with Crippen molar-refractivity contribution in [3.63, 3.8) is 0 Å². The maximum absolute atomic E-state index is 12.1. The SMILES string of the molecule is O=C(NCCCCN1CCCC1)c1nn(-c2ccccc2)c(=O)[nH]1. The summed E-state index contributed by atoms with van der Waals surface area (Å²) < 4.78 is 1.20. The Morgan fingerprint density at radius 3 is 2.67 bits per heavy atom. The standard InChI is InChI=1S/C17H23N5O2/c23-16(18-10-4-5-11-21-12-6-7-13-21)15-19-17(24)22(20-15)14-8-2-1-3-9-14/h1-3,8-9H,4-7,10-13H2,(H,18,23)(H,19,20,24). The van der Waals surface area contributed by atoms with Gasteiger partial charge in [0.05, 0.1) is 5.69 Å². The van der Waals surface area contributed by atoms with E-state index in [1.165, 1.54) is 30.6 Å². The van der Waals surface area contributed by atoms with E-state index in [9.17, 15) is 9.59 Å². The predicted molar refractivity (Wildman–Crippen MR) is 91.4 cm³/mol. The summed E-state index contributed by atoms with van der Waals surface area (Å²) in [6, 6.07) is 9.02. The number of unbranched alkanes of at least 4 members (excludes halogenated alkanes) is 1. The fourth-order valence-electron chi connectivity index (χ4n) is 2.92. The molecule has 2 heterocycles. The van der Waals surface area contributed by atoms with Gasteiger partial charge in [-0.2, -0.15) is 4.68 Å². The van der Waals surface area contributed by atoms with E-state index in [0.29, 0.717) is 12.2 Å². The number of benzene rings is 1. The number of aromatic nitrogens is 3. The zero-order valence-electron chi connectivity index (χ0n) is 13.7. The number of rotatable bonds is 7. The number of likely N-dealkylation sites (tertiary alicyclic amines) is 1. The van der Waals surface area contributed by atoms with Crippen LogP contribution in [0.2, 0.25) is 0 Å². The van der Waals surface area contributed by atoms with E-state index in [4.69, 9.17) is 0 Å². The molecule has 0 atom stereocenters. The average molecular weight is 329 g/mol. The van der Waals surface area contributed by atoms with Crippen molar-refractivity contribution in [3.8, 4) is 5.69 Å². The van der Waals surface area contributed by atoms with Gasteiger partial charge in [0.1, 0.15) is 0 Å². The van der Waals surface area contributed by atoms with E-state index in [0.717, 1.165) is 19.4 Å². The molecule has 24 heavy (non-hydrogen) atoms. The van der Waals surface area contributed by atoms with E-state index < -0.39 is 5.69 Å². The van der Waals surface area contributed by atoms with Crippen LogP contribution < -0.4 is 11.0 Å². The fraction of sp³-hybridized carbons (Fsp3) is 0.471. The molecule has 7 heteroatoms. The Kier molecular flexibility index (Phi) is 5.43. The lowest BCUT2D eigenvalue weighted by Crippen LogP contribution is -2.27. The van der Waals surface area contributed by atoms with Gasteiger partial charge in [0.25, 0.3) is 5.91 Å². The molecule has 0 saturated carbocycles. The second-order valence-corrected chi connectivity index (χ2v) is 6.04. The molecule has 1 saturated heterocycles. The third-order valence-electron chi connectivity index (χ3n) is 4.22. The number of para-hydroxylation sites is 1. The van der Waals surface area contributed by atoms with Crippen molar-refractivity contribution < 1.29 is 4.79 Å². The molecule has 1 aliphatic rings. The second kappa shape index (κ2) is 7.92. The molecule has 1 fully saturated rings. The van der Waals surface area contributed by atoms with Gasteiger partial charge in [0.2, 0.25) is 5.82 Å². The lowest BCUT2D eigenvalue weighted by Gasteiger charge is -2.13. The first kappa shape index (κ1) is 16.4. The van der Waals surface area contributed by atoms with Crippen LogP contribution in [0, 0.1) is 0 Å². The van der Waals surface area contributed by atoms with E-state index in [1.54, 1.807) is 12.1 Å². The number of hydrogen-bond donors (Lipinski definition) is 2. The molecule has 0 radical (unpaired) electrons. The molecule has 0 spiro atoms. The number of carbonyl (C=O) groups is 1. The second-order valence-electron chi connectivity index (χ2n) is 6.04. The molecule has 2 N–H and O–H groups in total. The summed E-state index contributed by atoms with van der Waals surface area (Å²) >= 11 is 0. The van der Waals surface area contributed by atoms with Gasteiger partial charge >= 0.3 is 5.69 Å². The summed E-state index contributed by atoms with van der Waals surface area (Å²) in [6.45, 7) is 4.08. The van der Waals surface area contributed by atoms with Crippen LogP contribution in [0.25, 0.3) is 5.69 Å². The first-order valence-electron chi connectivity index (χ1n) is 8.49. The smallest absolute Gasteiger partial charge is 0.348 e. The molecule has 2 aromatic rings. The average Bonchev–Trinajstić information content (AvgIpc) is 3.25. The minimum absolute atomic E-state index is 0.0448. The van der Waals surface area contributed by atoms with E-state index >= 15 is 0 Å². The van der Waals surface area contributed by atoms with Gasteiger partial charge in [-0.05, 0) is 57.5 Å². The summed E-state index contributed by atoms with van der Waals surface area (Å²) in [5, 5.41) is 6.88. The minimum Gasteiger partial charge on any atom is -0.349 e. The molecule has 1 aromatic heterocycles. The van der Waals surface area contributed by atoms with Gasteiger partial charge in [-0.1, -0.05) is 18.2 Å². The van der Waals surface area contributed by atoms with Crippen LogP contribution in [-0.4, -0.2) is 51.8 Å². The summed E-state index contributed by atoms with van der Waals surface area (Å²) in [7, 11) is 0. The quantitative estimate of drug-likeness (QED) is 0.747. The predicted octanol–water partition coefficient (Wildman–Crippen LogP) is 1.17. The van der Waals surface area contributed by atoms with Gasteiger partial charge in [0.15, 0.2) is 0 Å². The van der Waals surface area contributed by atoms with Crippen molar-refractivity contribution in [1.29, 1.82) is 0 Å². The van der Waals surface area contributed by atoms with E-state index in [2.05, 4.69) is 20.3 Å². The van der Waals surface area contributed by atoms with Crippen molar-refractivity contribution in [2.24, 2.45) is 0 Å². The van der Waals surface area contributed by atoms with Crippen LogP contribution in [0.15, 0.2) is 35.1 Å². The van der Waals surface area contributed by atoms with Crippen molar-refractivity contribution in [3.05, 3.63) is 46.6 Å². The van der Waals surface area contributed by atoms with Crippen LogP contribution in [0.1, 0.15) is 36.3 Å². The molecule has 128 valence electrons. The minimum atomic E-state index is -0.416. The highest BCUT2D eigenvalue weighted by Gasteiger charge is 2.14. The number of nitrogens with one attached hydrogen (secondary N) is 2. The molecule has 1 aliphatic heterocycles. The number of H-pyrrole nitrogens is 1. The maximum atomic E-state index is 12.1. The normalized spacial score (nSPS) is 14.8. The summed E-state index contributed by atoms with van der Waals surface area (Å²) in [5.41, 5.74) is 0.212. The highest BCUT2D eigenvalue weighted by Crippen LogP contribution is 2.08. The molecule has 1 amide bonds. The molecule has 7 nitrogen and oxygen atoms in total. The first-order valence-corrected chi connectivity index (χ1v) is 8.49. The maximum Gasteiger partial charge on any atom is 0.348 e. The topological polar surface area (TPSA) is 83.0 Å². The van der Waals surface area contributed by atoms with Gasteiger partial charge in [-0.3, -0.25) is 9.78 Å². The Hall–Kier alpha value is -2.41. The van der Waals surface area contributed by atoms with E-state index in [1.807, 2.05) is 18.2 Å². The molecule has 1 aromatic carbocycles. The van der Waals surface area contributed by atoms with Crippen LogP contribution in [0.3, 0.4) is 0 Å². The Balaban J connectivity index is 1.48. The van der Waals surface area contributed by atoms with Crippen LogP contribution in [0.5, 0.6) is 0 Å². The third-order valence-corrected chi connectivity index (χ3v) is 4.22. The molecule has 0 aliphatic carbocycles. The first-order chi connectivity index (χ1) is 11.7. The van der Waals surface area contributed by atoms with Crippen molar-refractivity contribution >= 4 is 5.91 Å². The monoisotopic (exact) mass is 329 g/mol. The summed E-state index contributed by atoms with van der Waals surface area (Å²) in [4.78, 5) is 29.0. The van der Waals surface area contributed by atoms with Crippen molar-refractivity contribution in [2.45, 2.75) is 25.7 Å². The largest absolute Gasteiger partial charge is 0.349 e. The van der Waals surface area contributed by atoms with Crippen molar-refractivity contribution in [2.75, 3.05) is 26.2 Å². The molecule has 3 rings (SSSR count). The van der Waals surface area contributed by atoms with Crippen LogP contribution >= 0.6 is 0 Å². The Bertz CT molecular complexity index is 716. The molecular formula is C17H23N5O2. The Labute approximate surface area is 140 Å². The third kappa shape index (κ3) is 4.11.